The highest BCUT2D eigenvalue weighted by Gasteiger charge is 1.99. The Bertz CT molecular complexity index is 480. The topological polar surface area (TPSA) is 50.9 Å². The Morgan fingerprint density at radius 1 is 1.25 bits per heavy atom. The van der Waals surface area contributed by atoms with Crippen molar-refractivity contribution < 1.29 is 0 Å². The molecule has 3 nitrogen and oxygen atoms in total. The van der Waals surface area contributed by atoms with Crippen LogP contribution in [0.4, 0.5) is 5.82 Å². The standard InChI is InChI=1S/C13H17N3/c1-2-3-4-10-5-7-12-11(9-10)6-8-13(15-12)16-14/h5-9H,2-4,14H2,1H3,(H,15,16). The summed E-state index contributed by atoms with van der Waals surface area (Å²) in [5, 5.41) is 1.17. The van der Waals surface area contributed by atoms with E-state index in [-0.39, 0.29) is 0 Å². The number of aryl methyl sites for hydroxylation is 1. The SMILES string of the molecule is CCCCc1ccc2nc(NN)ccc2c1. The fourth-order valence-corrected chi connectivity index (χ4v) is 1.79. The van der Waals surface area contributed by atoms with Gasteiger partial charge in [0, 0.05) is 5.39 Å². The van der Waals surface area contributed by atoms with Gasteiger partial charge in [-0.2, -0.15) is 0 Å². The number of benzene rings is 1. The lowest BCUT2D eigenvalue weighted by atomic mass is 10.1. The Balaban J connectivity index is 2.32. The molecule has 0 bridgehead atoms. The highest BCUT2D eigenvalue weighted by Crippen LogP contribution is 2.17. The summed E-state index contributed by atoms with van der Waals surface area (Å²) in [4.78, 5) is 4.38. The van der Waals surface area contributed by atoms with Crippen molar-refractivity contribution in [1.82, 2.24) is 4.98 Å². The number of pyridine rings is 1. The van der Waals surface area contributed by atoms with Crippen molar-refractivity contribution in [3.05, 3.63) is 35.9 Å². The fraction of sp³-hybridized carbons (Fsp3) is 0.308. The maximum absolute atomic E-state index is 5.32. The molecule has 0 fully saturated rings. The van der Waals surface area contributed by atoms with Crippen LogP contribution >= 0.6 is 0 Å². The molecule has 2 rings (SSSR count). The number of rotatable bonds is 4. The van der Waals surface area contributed by atoms with E-state index in [0.29, 0.717) is 5.82 Å². The van der Waals surface area contributed by atoms with E-state index in [9.17, 15) is 0 Å². The van der Waals surface area contributed by atoms with Gasteiger partial charge in [-0.25, -0.2) is 10.8 Å². The second kappa shape index (κ2) is 4.94. The van der Waals surface area contributed by atoms with Crippen molar-refractivity contribution >= 4 is 16.7 Å². The van der Waals surface area contributed by atoms with Gasteiger partial charge in [-0.05, 0) is 42.7 Å². The minimum atomic E-state index is 0.703. The molecule has 1 aromatic heterocycles. The fourth-order valence-electron chi connectivity index (χ4n) is 1.79. The first-order chi connectivity index (χ1) is 7.83. The van der Waals surface area contributed by atoms with E-state index in [4.69, 9.17) is 5.84 Å². The van der Waals surface area contributed by atoms with Gasteiger partial charge in [0.1, 0.15) is 5.82 Å². The van der Waals surface area contributed by atoms with Crippen LogP contribution in [0, 0.1) is 0 Å². The number of nitrogens with two attached hydrogens (primary N) is 1. The molecule has 0 aliphatic heterocycles. The van der Waals surface area contributed by atoms with Crippen LogP contribution in [0.3, 0.4) is 0 Å². The lowest BCUT2D eigenvalue weighted by Crippen LogP contribution is -2.08. The number of fused-ring (bicyclic) bond motifs is 1. The van der Waals surface area contributed by atoms with Gasteiger partial charge in [-0.3, -0.25) is 0 Å². The van der Waals surface area contributed by atoms with Gasteiger partial charge in [0.2, 0.25) is 0 Å². The molecular formula is C13H17N3. The zero-order valence-electron chi connectivity index (χ0n) is 9.53. The summed E-state index contributed by atoms with van der Waals surface area (Å²) in [6.07, 6.45) is 3.61. The smallest absolute Gasteiger partial charge is 0.140 e. The maximum atomic E-state index is 5.32. The molecule has 0 amide bonds. The number of nitrogen functional groups attached to an aromatic ring is 1. The predicted molar refractivity (Wildman–Crippen MR) is 68.2 cm³/mol. The van der Waals surface area contributed by atoms with Gasteiger partial charge in [0.05, 0.1) is 5.52 Å². The molecule has 16 heavy (non-hydrogen) atoms. The zero-order chi connectivity index (χ0) is 11.4. The van der Waals surface area contributed by atoms with E-state index in [2.05, 4.69) is 35.5 Å². The number of unbranched alkanes of at least 4 members (excludes halogenated alkanes) is 1. The minimum absolute atomic E-state index is 0.703. The van der Waals surface area contributed by atoms with Crippen LogP contribution in [-0.2, 0) is 6.42 Å². The average Bonchev–Trinajstić information content (AvgIpc) is 2.35. The van der Waals surface area contributed by atoms with Gasteiger partial charge in [0.15, 0.2) is 0 Å². The van der Waals surface area contributed by atoms with Crippen molar-refractivity contribution in [3.63, 3.8) is 0 Å². The molecule has 3 heteroatoms. The predicted octanol–water partition coefficient (Wildman–Crippen LogP) is 2.86. The van der Waals surface area contributed by atoms with E-state index in [1.165, 1.54) is 23.8 Å². The van der Waals surface area contributed by atoms with E-state index in [1.807, 2.05) is 12.1 Å². The molecule has 1 aromatic carbocycles. The molecule has 0 radical (unpaired) electrons. The van der Waals surface area contributed by atoms with Crippen LogP contribution in [0.5, 0.6) is 0 Å². The molecule has 1 heterocycles. The average molecular weight is 215 g/mol. The van der Waals surface area contributed by atoms with Crippen LogP contribution in [0.25, 0.3) is 10.9 Å². The summed E-state index contributed by atoms with van der Waals surface area (Å²) in [5.41, 5.74) is 4.92. The van der Waals surface area contributed by atoms with Crippen LogP contribution in [0.1, 0.15) is 25.3 Å². The molecule has 0 unspecified atom stereocenters. The monoisotopic (exact) mass is 215 g/mol. The van der Waals surface area contributed by atoms with Crippen molar-refractivity contribution in [3.8, 4) is 0 Å². The van der Waals surface area contributed by atoms with Crippen molar-refractivity contribution in [2.24, 2.45) is 5.84 Å². The Kier molecular flexibility index (Phi) is 3.37. The van der Waals surface area contributed by atoms with Crippen LogP contribution in [0.15, 0.2) is 30.3 Å². The summed E-state index contributed by atoms with van der Waals surface area (Å²) in [6.45, 7) is 2.21. The highest BCUT2D eigenvalue weighted by atomic mass is 15.2. The largest absolute Gasteiger partial charge is 0.308 e. The van der Waals surface area contributed by atoms with E-state index in [1.54, 1.807) is 0 Å². The second-order valence-corrected chi connectivity index (χ2v) is 3.97. The summed E-state index contributed by atoms with van der Waals surface area (Å²) < 4.78 is 0. The zero-order valence-corrected chi connectivity index (χ0v) is 9.53. The van der Waals surface area contributed by atoms with Gasteiger partial charge in [0.25, 0.3) is 0 Å². The molecule has 0 spiro atoms. The maximum Gasteiger partial charge on any atom is 0.140 e. The lowest BCUT2D eigenvalue weighted by Gasteiger charge is -2.04. The van der Waals surface area contributed by atoms with Crippen molar-refractivity contribution in [1.29, 1.82) is 0 Å². The highest BCUT2D eigenvalue weighted by molar-refractivity contribution is 5.80. The summed E-state index contributed by atoms with van der Waals surface area (Å²) in [7, 11) is 0. The summed E-state index contributed by atoms with van der Waals surface area (Å²) >= 11 is 0. The third-order valence-electron chi connectivity index (χ3n) is 2.72. The number of nitrogens with zero attached hydrogens (tertiary/aromatic N) is 1. The first kappa shape index (κ1) is 10.9. The van der Waals surface area contributed by atoms with Gasteiger partial charge >= 0.3 is 0 Å². The Morgan fingerprint density at radius 3 is 2.88 bits per heavy atom. The molecule has 84 valence electrons. The molecule has 0 aliphatic carbocycles. The molecule has 2 aromatic rings. The first-order valence-electron chi connectivity index (χ1n) is 5.70. The normalized spacial score (nSPS) is 10.6. The van der Waals surface area contributed by atoms with Gasteiger partial charge in [-0.1, -0.05) is 19.4 Å². The number of hydrogen-bond donors (Lipinski definition) is 2. The first-order valence-corrected chi connectivity index (χ1v) is 5.70. The minimum Gasteiger partial charge on any atom is -0.308 e. The van der Waals surface area contributed by atoms with Gasteiger partial charge < -0.3 is 5.43 Å². The Labute approximate surface area is 95.7 Å². The van der Waals surface area contributed by atoms with Crippen LogP contribution in [0.2, 0.25) is 0 Å². The van der Waals surface area contributed by atoms with Crippen molar-refractivity contribution in [2.75, 3.05) is 5.43 Å². The number of hydrazine groups is 1. The van der Waals surface area contributed by atoms with Crippen LogP contribution < -0.4 is 11.3 Å². The third kappa shape index (κ3) is 2.31. The number of nitrogens with one attached hydrogen (secondary N) is 1. The van der Waals surface area contributed by atoms with E-state index < -0.39 is 0 Å². The molecular weight excluding hydrogens is 198 g/mol. The van der Waals surface area contributed by atoms with Crippen molar-refractivity contribution in [2.45, 2.75) is 26.2 Å². The second-order valence-electron chi connectivity index (χ2n) is 3.97. The molecule has 0 atom stereocenters. The molecule has 0 saturated carbocycles. The van der Waals surface area contributed by atoms with E-state index in [0.717, 1.165) is 11.9 Å². The third-order valence-corrected chi connectivity index (χ3v) is 2.72. The number of anilines is 1. The van der Waals surface area contributed by atoms with Crippen LogP contribution in [-0.4, -0.2) is 4.98 Å². The summed E-state index contributed by atoms with van der Waals surface area (Å²) in [5.74, 6) is 6.03. The number of aromatic nitrogens is 1. The molecule has 3 N–H and O–H groups in total. The number of hydrogen-bond acceptors (Lipinski definition) is 3. The Hall–Kier alpha value is -1.61. The molecule has 0 aliphatic rings. The summed E-state index contributed by atoms with van der Waals surface area (Å²) in [6, 6.07) is 10.4. The van der Waals surface area contributed by atoms with E-state index >= 15 is 0 Å². The van der Waals surface area contributed by atoms with Gasteiger partial charge in [-0.15, -0.1) is 0 Å². The quantitative estimate of drug-likeness (QED) is 0.609. The lowest BCUT2D eigenvalue weighted by molar-refractivity contribution is 0.796. The Morgan fingerprint density at radius 2 is 2.12 bits per heavy atom. The molecule has 0 saturated heterocycles.